The highest BCUT2D eigenvalue weighted by atomic mass is 35.5. The zero-order chi connectivity index (χ0) is 13.7. The van der Waals surface area contributed by atoms with Gasteiger partial charge in [0.05, 0.1) is 12.7 Å². The normalized spacial score (nSPS) is 19.6. The van der Waals surface area contributed by atoms with Crippen molar-refractivity contribution in [2.45, 2.75) is 26.0 Å². The number of ether oxygens (including phenoxy) is 1. The quantitative estimate of drug-likeness (QED) is 0.815. The van der Waals surface area contributed by atoms with E-state index >= 15 is 0 Å². The number of nitrogens with one attached hydrogen (secondary N) is 2. The Bertz CT molecular complexity index is 422. The van der Waals surface area contributed by atoms with Gasteiger partial charge in [-0.05, 0) is 43.1 Å². The number of aryl methyl sites for hydroxylation is 1. The summed E-state index contributed by atoms with van der Waals surface area (Å²) in [6.45, 7) is 5.74. The highest BCUT2D eigenvalue weighted by molar-refractivity contribution is 6.31. The summed E-state index contributed by atoms with van der Waals surface area (Å²) >= 11 is 6.09. The molecule has 19 heavy (non-hydrogen) atoms. The van der Waals surface area contributed by atoms with Crippen LogP contribution in [0.5, 0.6) is 0 Å². The van der Waals surface area contributed by atoms with Crippen molar-refractivity contribution in [1.82, 2.24) is 10.6 Å². The van der Waals surface area contributed by atoms with Gasteiger partial charge in [0, 0.05) is 24.7 Å². The third-order valence-corrected chi connectivity index (χ3v) is 3.64. The Morgan fingerprint density at radius 1 is 1.53 bits per heavy atom. The SMILES string of the molecule is Cc1cc(Cl)c(CNCCC2CNCCO2)cc1F. The third kappa shape index (κ3) is 4.42. The molecule has 1 atom stereocenters. The second-order valence-corrected chi connectivity index (χ2v) is 5.26. The van der Waals surface area contributed by atoms with Crippen molar-refractivity contribution >= 4 is 11.6 Å². The largest absolute Gasteiger partial charge is 0.376 e. The lowest BCUT2D eigenvalue weighted by Crippen LogP contribution is -2.39. The van der Waals surface area contributed by atoms with E-state index in [2.05, 4.69) is 10.6 Å². The number of benzene rings is 1. The maximum Gasteiger partial charge on any atom is 0.126 e. The molecule has 106 valence electrons. The Hall–Kier alpha value is -0.680. The molecule has 1 aliphatic heterocycles. The second kappa shape index (κ2) is 7.20. The highest BCUT2D eigenvalue weighted by Crippen LogP contribution is 2.20. The van der Waals surface area contributed by atoms with Crippen LogP contribution in [0.1, 0.15) is 17.5 Å². The fourth-order valence-corrected chi connectivity index (χ4v) is 2.40. The molecule has 0 aliphatic carbocycles. The Kier molecular flexibility index (Phi) is 5.58. The van der Waals surface area contributed by atoms with Gasteiger partial charge < -0.3 is 15.4 Å². The van der Waals surface area contributed by atoms with Crippen LogP contribution in [0, 0.1) is 12.7 Å². The monoisotopic (exact) mass is 286 g/mol. The van der Waals surface area contributed by atoms with Gasteiger partial charge in [0.15, 0.2) is 0 Å². The van der Waals surface area contributed by atoms with Crippen molar-refractivity contribution in [1.29, 1.82) is 0 Å². The van der Waals surface area contributed by atoms with Gasteiger partial charge in [-0.25, -0.2) is 4.39 Å². The van der Waals surface area contributed by atoms with Crippen molar-refractivity contribution < 1.29 is 9.13 Å². The summed E-state index contributed by atoms with van der Waals surface area (Å²) < 4.78 is 19.0. The minimum absolute atomic E-state index is 0.207. The summed E-state index contributed by atoms with van der Waals surface area (Å²) in [5.41, 5.74) is 1.38. The third-order valence-electron chi connectivity index (χ3n) is 3.29. The topological polar surface area (TPSA) is 33.3 Å². The first-order chi connectivity index (χ1) is 9.16. The molecule has 0 saturated carbocycles. The van der Waals surface area contributed by atoms with E-state index in [-0.39, 0.29) is 11.9 Å². The van der Waals surface area contributed by atoms with Crippen molar-refractivity contribution in [3.05, 3.63) is 34.1 Å². The van der Waals surface area contributed by atoms with E-state index in [0.717, 1.165) is 38.2 Å². The average Bonchev–Trinajstić information content (AvgIpc) is 2.41. The van der Waals surface area contributed by atoms with Crippen LogP contribution in [0.2, 0.25) is 5.02 Å². The summed E-state index contributed by atoms with van der Waals surface area (Å²) in [4.78, 5) is 0. The molecule has 0 radical (unpaired) electrons. The molecule has 5 heteroatoms. The van der Waals surface area contributed by atoms with E-state index in [1.54, 1.807) is 13.0 Å². The number of rotatable bonds is 5. The maximum absolute atomic E-state index is 13.4. The lowest BCUT2D eigenvalue weighted by Gasteiger charge is -2.23. The number of hydrogen-bond acceptors (Lipinski definition) is 3. The van der Waals surface area contributed by atoms with Gasteiger partial charge in [-0.2, -0.15) is 0 Å². The van der Waals surface area contributed by atoms with Gasteiger partial charge in [-0.15, -0.1) is 0 Å². The minimum atomic E-state index is -0.207. The fourth-order valence-electron chi connectivity index (χ4n) is 2.11. The molecule has 2 rings (SSSR count). The lowest BCUT2D eigenvalue weighted by molar-refractivity contribution is 0.0238. The van der Waals surface area contributed by atoms with Crippen LogP contribution >= 0.6 is 11.6 Å². The summed E-state index contributed by atoms with van der Waals surface area (Å²) in [5, 5.41) is 7.18. The smallest absolute Gasteiger partial charge is 0.126 e. The molecule has 0 bridgehead atoms. The van der Waals surface area contributed by atoms with E-state index in [1.807, 2.05) is 0 Å². The molecule has 1 fully saturated rings. The zero-order valence-corrected chi connectivity index (χ0v) is 11.9. The Balaban J connectivity index is 1.74. The number of hydrogen-bond donors (Lipinski definition) is 2. The molecule has 1 saturated heterocycles. The molecule has 1 aliphatic rings. The van der Waals surface area contributed by atoms with Crippen molar-refractivity contribution in [2.24, 2.45) is 0 Å². The van der Waals surface area contributed by atoms with E-state index in [9.17, 15) is 4.39 Å². The van der Waals surface area contributed by atoms with Gasteiger partial charge in [0.25, 0.3) is 0 Å². The Morgan fingerprint density at radius 3 is 3.11 bits per heavy atom. The Labute approximate surface area is 118 Å². The van der Waals surface area contributed by atoms with Gasteiger partial charge in [-0.3, -0.25) is 0 Å². The summed E-state index contributed by atoms with van der Waals surface area (Å²) in [6, 6.07) is 3.17. The molecule has 0 spiro atoms. The van der Waals surface area contributed by atoms with Gasteiger partial charge in [-0.1, -0.05) is 11.6 Å². The zero-order valence-electron chi connectivity index (χ0n) is 11.1. The summed E-state index contributed by atoms with van der Waals surface area (Å²) in [7, 11) is 0. The van der Waals surface area contributed by atoms with Crippen LogP contribution in [0.4, 0.5) is 4.39 Å². The van der Waals surface area contributed by atoms with E-state index < -0.39 is 0 Å². The summed E-state index contributed by atoms with van der Waals surface area (Å²) in [6.07, 6.45) is 1.21. The predicted molar refractivity (Wildman–Crippen MR) is 75.1 cm³/mol. The van der Waals surface area contributed by atoms with Crippen LogP contribution in [-0.2, 0) is 11.3 Å². The van der Waals surface area contributed by atoms with Crippen LogP contribution in [0.3, 0.4) is 0 Å². The molecular weight excluding hydrogens is 267 g/mol. The maximum atomic E-state index is 13.4. The van der Waals surface area contributed by atoms with Crippen molar-refractivity contribution in [2.75, 3.05) is 26.2 Å². The molecule has 0 amide bonds. The first kappa shape index (κ1) is 14.7. The van der Waals surface area contributed by atoms with Gasteiger partial charge in [0.2, 0.25) is 0 Å². The van der Waals surface area contributed by atoms with Crippen LogP contribution in [0.15, 0.2) is 12.1 Å². The van der Waals surface area contributed by atoms with Gasteiger partial charge in [0.1, 0.15) is 5.82 Å². The molecule has 1 aromatic rings. The molecule has 0 aromatic heterocycles. The average molecular weight is 287 g/mol. The second-order valence-electron chi connectivity index (χ2n) is 4.86. The predicted octanol–water partition coefficient (Wildman–Crippen LogP) is 2.26. The van der Waals surface area contributed by atoms with Crippen LogP contribution in [-0.4, -0.2) is 32.3 Å². The molecule has 1 unspecified atom stereocenters. The van der Waals surface area contributed by atoms with Crippen LogP contribution < -0.4 is 10.6 Å². The summed E-state index contributed by atoms with van der Waals surface area (Å²) in [5.74, 6) is -0.207. The fraction of sp³-hybridized carbons (Fsp3) is 0.571. The number of morpholine rings is 1. The minimum Gasteiger partial charge on any atom is -0.376 e. The molecular formula is C14H20ClFN2O. The molecule has 1 aromatic carbocycles. The first-order valence-corrected chi connectivity index (χ1v) is 7.02. The standard InChI is InChI=1S/C14H20ClFN2O/c1-10-6-13(15)11(7-14(10)16)8-17-3-2-12-9-18-4-5-19-12/h6-7,12,17-18H,2-5,8-9H2,1H3. The Morgan fingerprint density at radius 2 is 2.37 bits per heavy atom. The van der Waals surface area contributed by atoms with Gasteiger partial charge >= 0.3 is 0 Å². The van der Waals surface area contributed by atoms with E-state index in [4.69, 9.17) is 16.3 Å². The highest BCUT2D eigenvalue weighted by Gasteiger charge is 2.12. The van der Waals surface area contributed by atoms with E-state index in [0.29, 0.717) is 17.1 Å². The number of halogens is 2. The van der Waals surface area contributed by atoms with E-state index in [1.165, 1.54) is 6.07 Å². The van der Waals surface area contributed by atoms with Crippen LogP contribution in [0.25, 0.3) is 0 Å². The molecule has 3 nitrogen and oxygen atoms in total. The van der Waals surface area contributed by atoms with Crippen molar-refractivity contribution in [3.63, 3.8) is 0 Å². The first-order valence-electron chi connectivity index (χ1n) is 6.64. The molecule has 1 heterocycles. The lowest BCUT2D eigenvalue weighted by atomic mass is 10.1. The van der Waals surface area contributed by atoms with Crippen molar-refractivity contribution in [3.8, 4) is 0 Å². The molecule has 2 N–H and O–H groups in total.